The third kappa shape index (κ3) is 6.41. The first-order valence-corrected chi connectivity index (χ1v) is 12.2. The molecule has 1 saturated carbocycles. The van der Waals surface area contributed by atoms with Crippen LogP contribution in [0.1, 0.15) is 66.4 Å². The molecular weight excluding hydrogens is 417 g/mol. The molecule has 2 aromatic rings. The van der Waals surface area contributed by atoms with Crippen LogP contribution in [-0.4, -0.2) is 35.8 Å². The summed E-state index contributed by atoms with van der Waals surface area (Å²) in [5.74, 6) is -0.231. The quantitative estimate of drug-likeness (QED) is 0.646. The molecule has 4 rings (SSSR count). The van der Waals surface area contributed by atoms with Crippen LogP contribution in [0.2, 0.25) is 0 Å². The Labute approximate surface area is 195 Å². The SMILES string of the molecule is Cc1cc(F)ccc1C(=O)Nc1cccc(CN2CCC(C(=O)NC3CCCCC3)CC2)c1. The number of aryl methyl sites for hydroxylation is 1. The molecule has 0 unspecified atom stereocenters. The van der Waals surface area contributed by atoms with Crippen LogP contribution >= 0.6 is 0 Å². The highest BCUT2D eigenvalue weighted by atomic mass is 19.1. The topological polar surface area (TPSA) is 61.4 Å². The van der Waals surface area contributed by atoms with Gasteiger partial charge in [0.15, 0.2) is 0 Å². The summed E-state index contributed by atoms with van der Waals surface area (Å²) < 4.78 is 13.3. The highest BCUT2D eigenvalue weighted by molar-refractivity contribution is 6.05. The Kier molecular flexibility index (Phi) is 7.76. The molecule has 0 bridgehead atoms. The second-order valence-electron chi connectivity index (χ2n) is 9.51. The molecule has 2 aliphatic rings. The van der Waals surface area contributed by atoms with Crippen molar-refractivity contribution in [2.45, 2.75) is 64.5 Å². The van der Waals surface area contributed by atoms with E-state index in [0.29, 0.717) is 17.2 Å². The van der Waals surface area contributed by atoms with E-state index in [1.165, 1.54) is 37.5 Å². The number of likely N-dealkylation sites (tertiary alicyclic amines) is 1. The van der Waals surface area contributed by atoms with Crippen molar-refractivity contribution < 1.29 is 14.0 Å². The van der Waals surface area contributed by atoms with Crippen LogP contribution in [0.25, 0.3) is 0 Å². The molecule has 2 amide bonds. The second kappa shape index (κ2) is 10.9. The number of hydrogen-bond donors (Lipinski definition) is 2. The van der Waals surface area contributed by atoms with E-state index in [2.05, 4.69) is 21.6 Å². The lowest BCUT2D eigenvalue weighted by Crippen LogP contribution is -2.44. The highest BCUT2D eigenvalue weighted by Gasteiger charge is 2.27. The lowest BCUT2D eigenvalue weighted by Gasteiger charge is -2.32. The Hall–Kier alpha value is -2.73. The average Bonchev–Trinajstić information content (AvgIpc) is 2.80. The Bertz CT molecular complexity index is 979. The van der Waals surface area contributed by atoms with Crippen LogP contribution in [0.15, 0.2) is 42.5 Å². The van der Waals surface area contributed by atoms with Crippen LogP contribution < -0.4 is 10.6 Å². The van der Waals surface area contributed by atoms with Gasteiger partial charge in [-0.1, -0.05) is 31.4 Å². The van der Waals surface area contributed by atoms with Crippen LogP contribution in [0.4, 0.5) is 10.1 Å². The average molecular weight is 452 g/mol. The number of rotatable bonds is 6. The lowest BCUT2D eigenvalue weighted by molar-refractivity contribution is -0.127. The molecule has 0 spiro atoms. The molecule has 1 aliphatic carbocycles. The van der Waals surface area contributed by atoms with Crippen molar-refractivity contribution in [2.75, 3.05) is 18.4 Å². The van der Waals surface area contributed by atoms with Gasteiger partial charge in [-0.15, -0.1) is 0 Å². The van der Waals surface area contributed by atoms with Gasteiger partial charge < -0.3 is 10.6 Å². The van der Waals surface area contributed by atoms with Crippen LogP contribution in [0.5, 0.6) is 0 Å². The van der Waals surface area contributed by atoms with Crippen molar-refractivity contribution in [1.82, 2.24) is 10.2 Å². The minimum atomic E-state index is -0.346. The number of piperidine rings is 1. The molecule has 176 valence electrons. The molecular formula is C27H34FN3O2. The number of hydrogen-bond acceptors (Lipinski definition) is 3. The van der Waals surface area contributed by atoms with Crippen molar-refractivity contribution in [3.8, 4) is 0 Å². The second-order valence-corrected chi connectivity index (χ2v) is 9.51. The monoisotopic (exact) mass is 451 g/mol. The van der Waals surface area contributed by atoms with Gasteiger partial charge in [-0.3, -0.25) is 14.5 Å². The van der Waals surface area contributed by atoms with E-state index in [-0.39, 0.29) is 23.5 Å². The Morgan fingerprint density at radius 3 is 2.48 bits per heavy atom. The van der Waals surface area contributed by atoms with E-state index in [0.717, 1.165) is 56.6 Å². The predicted molar refractivity (Wildman–Crippen MR) is 129 cm³/mol. The first-order valence-electron chi connectivity index (χ1n) is 12.2. The summed E-state index contributed by atoms with van der Waals surface area (Å²) >= 11 is 0. The van der Waals surface area contributed by atoms with E-state index in [1.807, 2.05) is 18.2 Å². The van der Waals surface area contributed by atoms with Crippen molar-refractivity contribution in [3.63, 3.8) is 0 Å². The molecule has 0 atom stereocenters. The van der Waals surface area contributed by atoms with E-state index in [4.69, 9.17) is 0 Å². The maximum absolute atomic E-state index is 13.3. The standard InChI is InChI=1S/C27H34FN3O2/c1-19-16-22(28)10-11-25(19)27(33)30-24-9-5-6-20(17-24)18-31-14-12-21(13-15-31)26(32)29-23-7-3-2-4-8-23/h5-6,9-11,16-17,21,23H,2-4,7-8,12-15,18H2,1H3,(H,29,32)(H,30,33). The summed E-state index contributed by atoms with van der Waals surface area (Å²) in [5.41, 5.74) is 2.92. The zero-order valence-electron chi connectivity index (χ0n) is 19.4. The van der Waals surface area contributed by atoms with Crippen molar-refractivity contribution in [3.05, 3.63) is 65.0 Å². The minimum Gasteiger partial charge on any atom is -0.353 e. The summed E-state index contributed by atoms with van der Waals surface area (Å²) in [7, 11) is 0. The van der Waals surface area contributed by atoms with Crippen molar-refractivity contribution >= 4 is 17.5 Å². The molecule has 2 N–H and O–H groups in total. The number of anilines is 1. The fraction of sp³-hybridized carbons (Fsp3) is 0.481. The van der Waals surface area contributed by atoms with Gasteiger partial charge >= 0.3 is 0 Å². The van der Waals surface area contributed by atoms with Gasteiger partial charge in [-0.25, -0.2) is 4.39 Å². The summed E-state index contributed by atoms with van der Waals surface area (Å²) in [4.78, 5) is 27.6. The molecule has 1 aliphatic heterocycles. The molecule has 2 aromatic carbocycles. The largest absolute Gasteiger partial charge is 0.353 e. The number of carbonyl (C=O) groups is 2. The van der Waals surface area contributed by atoms with E-state index < -0.39 is 0 Å². The van der Waals surface area contributed by atoms with Gasteiger partial charge in [0.05, 0.1) is 0 Å². The van der Waals surface area contributed by atoms with Gasteiger partial charge in [0, 0.05) is 29.8 Å². The molecule has 5 nitrogen and oxygen atoms in total. The third-order valence-electron chi connectivity index (χ3n) is 6.93. The van der Waals surface area contributed by atoms with Gasteiger partial charge in [0.1, 0.15) is 5.82 Å². The van der Waals surface area contributed by atoms with Crippen LogP contribution in [0.3, 0.4) is 0 Å². The zero-order chi connectivity index (χ0) is 23.2. The predicted octanol–water partition coefficient (Wildman–Crippen LogP) is 5.05. The van der Waals surface area contributed by atoms with Gasteiger partial charge in [0.2, 0.25) is 5.91 Å². The first-order chi connectivity index (χ1) is 16.0. The molecule has 1 saturated heterocycles. The number of nitrogens with one attached hydrogen (secondary N) is 2. The summed E-state index contributed by atoms with van der Waals surface area (Å²) in [6, 6.07) is 12.4. The highest BCUT2D eigenvalue weighted by Crippen LogP contribution is 2.23. The smallest absolute Gasteiger partial charge is 0.255 e. The van der Waals surface area contributed by atoms with Gasteiger partial charge in [-0.2, -0.15) is 0 Å². The number of benzene rings is 2. The number of amides is 2. The Balaban J connectivity index is 1.27. The van der Waals surface area contributed by atoms with Crippen LogP contribution in [-0.2, 0) is 11.3 Å². The summed E-state index contributed by atoms with van der Waals surface area (Å²) in [6.45, 7) is 4.31. The lowest BCUT2D eigenvalue weighted by atomic mass is 9.92. The van der Waals surface area contributed by atoms with Crippen LogP contribution in [0, 0.1) is 18.7 Å². The zero-order valence-corrected chi connectivity index (χ0v) is 19.4. The maximum Gasteiger partial charge on any atom is 0.255 e. The molecule has 33 heavy (non-hydrogen) atoms. The van der Waals surface area contributed by atoms with Gasteiger partial charge in [0.25, 0.3) is 5.91 Å². The summed E-state index contributed by atoms with van der Waals surface area (Å²) in [6.07, 6.45) is 7.77. The van der Waals surface area contributed by atoms with E-state index >= 15 is 0 Å². The molecule has 1 heterocycles. The normalized spacial score (nSPS) is 18.1. The van der Waals surface area contributed by atoms with Crippen molar-refractivity contribution in [1.29, 1.82) is 0 Å². The number of nitrogens with zero attached hydrogens (tertiary/aromatic N) is 1. The Morgan fingerprint density at radius 2 is 1.76 bits per heavy atom. The fourth-order valence-corrected chi connectivity index (χ4v) is 5.01. The third-order valence-corrected chi connectivity index (χ3v) is 6.93. The Morgan fingerprint density at radius 1 is 1.00 bits per heavy atom. The van der Waals surface area contributed by atoms with E-state index in [1.54, 1.807) is 6.92 Å². The molecule has 2 fully saturated rings. The van der Waals surface area contributed by atoms with E-state index in [9.17, 15) is 14.0 Å². The fourth-order valence-electron chi connectivity index (χ4n) is 5.01. The first kappa shape index (κ1) is 23.4. The molecule has 0 aromatic heterocycles. The molecule has 0 radical (unpaired) electrons. The maximum atomic E-state index is 13.3. The number of carbonyl (C=O) groups excluding carboxylic acids is 2. The minimum absolute atomic E-state index is 0.118. The molecule has 6 heteroatoms. The van der Waals surface area contributed by atoms with Crippen molar-refractivity contribution in [2.24, 2.45) is 5.92 Å². The number of halogens is 1. The summed E-state index contributed by atoms with van der Waals surface area (Å²) in [5, 5.41) is 6.20. The van der Waals surface area contributed by atoms with Gasteiger partial charge in [-0.05, 0) is 87.2 Å².